The van der Waals surface area contributed by atoms with Crippen molar-refractivity contribution in [1.82, 2.24) is 14.8 Å². The second-order valence-corrected chi connectivity index (χ2v) is 7.04. The Hall–Kier alpha value is -3.20. The Labute approximate surface area is 176 Å². The average Bonchev–Trinajstić information content (AvgIpc) is 3.13. The summed E-state index contributed by atoms with van der Waals surface area (Å²) in [4.78, 5) is 11.9. The van der Waals surface area contributed by atoms with Crippen LogP contribution < -0.4 is 4.74 Å². The first-order valence-corrected chi connectivity index (χ1v) is 9.92. The highest BCUT2D eigenvalue weighted by Gasteiger charge is 2.17. The summed E-state index contributed by atoms with van der Waals surface area (Å²) in [5, 5.41) is 8.84. The van der Waals surface area contributed by atoms with E-state index >= 15 is 0 Å². The summed E-state index contributed by atoms with van der Waals surface area (Å²) < 4.78 is 39.3. The monoisotopic (exact) mass is 431 g/mol. The molecule has 156 valence electrons. The van der Waals surface area contributed by atoms with Crippen molar-refractivity contribution >= 4 is 17.7 Å². The SMILES string of the molecule is C=CCn1c(COc2ccccc2F)nnc1SCc1ccc(F)cc1C(=O)OC. The quantitative estimate of drug-likeness (QED) is 0.284. The number of rotatable bonds is 9. The normalized spacial score (nSPS) is 10.6. The van der Waals surface area contributed by atoms with E-state index in [4.69, 9.17) is 9.47 Å². The lowest BCUT2D eigenvalue weighted by molar-refractivity contribution is 0.0599. The zero-order chi connectivity index (χ0) is 21.5. The maximum atomic E-state index is 13.8. The van der Waals surface area contributed by atoms with Gasteiger partial charge in [0.2, 0.25) is 0 Å². The van der Waals surface area contributed by atoms with Crippen LogP contribution in [0.1, 0.15) is 21.7 Å². The van der Waals surface area contributed by atoms with Crippen molar-refractivity contribution < 1.29 is 23.0 Å². The molecule has 2 aromatic carbocycles. The molecule has 0 radical (unpaired) electrons. The van der Waals surface area contributed by atoms with E-state index in [9.17, 15) is 13.6 Å². The van der Waals surface area contributed by atoms with Crippen molar-refractivity contribution in [2.24, 2.45) is 0 Å². The number of halogens is 2. The number of carbonyl (C=O) groups excluding carboxylic acids is 1. The maximum absolute atomic E-state index is 13.8. The molecule has 0 fully saturated rings. The minimum atomic E-state index is -0.614. The summed E-state index contributed by atoms with van der Waals surface area (Å²) in [6.07, 6.45) is 1.68. The van der Waals surface area contributed by atoms with Crippen LogP contribution in [0.2, 0.25) is 0 Å². The smallest absolute Gasteiger partial charge is 0.338 e. The molecule has 0 atom stereocenters. The van der Waals surface area contributed by atoms with Gasteiger partial charge in [-0.1, -0.05) is 36.0 Å². The molecule has 0 aliphatic rings. The molecular weight excluding hydrogens is 412 g/mol. The Balaban J connectivity index is 1.76. The predicted octanol–water partition coefficient (Wildman–Crippen LogP) is 4.40. The predicted molar refractivity (Wildman–Crippen MR) is 108 cm³/mol. The summed E-state index contributed by atoms with van der Waals surface area (Å²) >= 11 is 1.32. The van der Waals surface area contributed by atoms with E-state index in [1.54, 1.807) is 22.8 Å². The van der Waals surface area contributed by atoms with Crippen LogP contribution in [-0.2, 0) is 23.6 Å². The van der Waals surface area contributed by atoms with Gasteiger partial charge in [0.1, 0.15) is 12.4 Å². The summed E-state index contributed by atoms with van der Waals surface area (Å²) in [6.45, 7) is 4.17. The first kappa shape index (κ1) is 21.5. The van der Waals surface area contributed by atoms with Crippen LogP contribution in [0.3, 0.4) is 0 Å². The standard InChI is InChI=1S/C21H19F2N3O3S/c1-3-10-26-19(12-29-18-7-5-4-6-17(18)23)24-25-21(26)30-13-14-8-9-15(22)11-16(14)20(27)28-2/h3-9,11H,1,10,12-13H2,2H3. The van der Waals surface area contributed by atoms with Crippen molar-refractivity contribution in [1.29, 1.82) is 0 Å². The van der Waals surface area contributed by atoms with E-state index in [-0.39, 0.29) is 17.9 Å². The molecule has 0 aliphatic carbocycles. The second-order valence-electron chi connectivity index (χ2n) is 6.10. The number of hydrogen-bond donors (Lipinski definition) is 0. The largest absolute Gasteiger partial charge is 0.483 e. The number of ether oxygens (including phenoxy) is 2. The lowest BCUT2D eigenvalue weighted by Crippen LogP contribution is -2.08. The molecular formula is C21H19F2N3O3S. The Bertz CT molecular complexity index is 1060. The third-order valence-corrected chi connectivity index (χ3v) is 5.15. The van der Waals surface area contributed by atoms with Crippen molar-refractivity contribution in [2.45, 2.75) is 24.1 Å². The molecule has 0 N–H and O–H groups in total. The maximum Gasteiger partial charge on any atom is 0.338 e. The van der Waals surface area contributed by atoms with E-state index < -0.39 is 17.6 Å². The van der Waals surface area contributed by atoms with E-state index in [1.165, 1.54) is 43.1 Å². The highest BCUT2D eigenvalue weighted by Crippen LogP contribution is 2.26. The fourth-order valence-corrected chi connectivity index (χ4v) is 3.64. The lowest BCUT2D eigenvalue weighted by atomic mass is 10.1. The number of para-hydroxylation sites is 1. The minimum Gasteiger partial charge on any atom is -0.483 e. The number of thioether (sulfide) groups is 1. The molecule has 9 heteroatoms. The van der Waals surface area contributed by atoms with Crippen molar-refractivity contribution in [3.63, 3.8) is 0 Å². The lowest BCUT2D eigenvalue weighted by Gasteiger charge is -2.10. The van der Waals surface area contributed by atoms with Gasteiger partial charge >= 0.3 is 5.97 Å². The van der Waals surface area contributed by atoms with Crippen LogP contribution >= 0.6 is 11.8 Å². The van der Waals surface area contributed by atoms with Crippen LogP contribution in [0.15, 0.2) is 60.3 Å². The molecule has 1 aromatic heterocycles. The van der Waals surface area contributed by atoms with Gasteiger partial charge in [-0.05, 0) is 29.8 Å². The number of nitrogens with zero attached hydrogens (tertiary/aromatic N) is 3. The number of hydrogen-bond acceptors (Lipinski definition) is 6. The van der Waals surface area contributed by atoms with Gasteiger partial charge in [-0.15, -0.1) is 16.8 Å². The Kier molecular flexibility index (Phi) is 7.18. The van der Waals surface area contributed by atoms with Gasteiger partial charge in [0.05, 0.1) is 12.7 Å². The molecule has 0 unspecified atom stereocenters. The third-order valence-electron chi connectivity index (χ3n) is 4.13. The third kappa shape index (κ3) is 5.04. The van der Waals surface area contributed by atoms with E-state index in [1.807, 2.05) is 0 Å². The van der Waals surface area contributed by atoms with Gasteiger partial charge in [0.25, 0.3) is 0 Å². The fraction of sp³-hybridized carbons (Fsp3) is 0.190. The Morgan fingerprint density at radius 3 is 2.77 bits per heavy atom. The number of carbonyl (C=O) groups is 1. The van der Waals surface area contributed by atoms with Crippen LogP contribution in [-0.4, -0.2) is 27.8 Å². The first-order valence-electron chi connectivity index (χ1n) is 8.93. The van der Waals surface area contributed by atoms with Gasteiger partial charge in [0, 0.05) is 12.3 Å². The Morgan fingerprint density at radius 1 is 1.23 bits per heavy atom. The molecule has 3 aromatic rings. The minimum absolute atomic E-state index is 0.0201. The van der Waals surface area contributed by atoms with Crippen molar-refractivity contribution in [3.8, 4) is 5.75 Å². The summed E-state index contributed by atoms with van der Waals surface area (Å²) in [6, 6.07) is 10.1. The van der Waals surface area contributed by atoms with Gasteiger partial charge in [-0.3, -0.25) is 4.57 Å². The number of esters is 1. The Morgan fingerprint density at radius 2 is 2.03 bits per heavy atom. The number of allylic oxidation sites excluding steroid dienone is 1. The molecule has 30 heavy (non-hydrogen) atoms. The van der Waals surface area contributed by atoms with Crippen LogP contribution in [0.4, 0.5) is 8.78 Å². The summed E-state index contributed by atoms with van der Waals surface area (Å²) in [7, 11) is 1.24. The highest BCUT2D eigenvalue weighted by molar-refractivity contribution is 7.98. The zero-order valence-electron chi connectivity index (χ0n) is 16.2. The van der Waals surface area contributed by atoms with Crippen LogP contribution in [0.25, 0.3) is 0 Å². The molecule has 1 heterocycles. The highest BCUT2D eigenvalue weighted by atomic mass is 32.2. The van der Waals surface area contributed by atoms with Crippen molar-refractivity contribution in [2.75, 3.05) is 7.11 Å². The van der Waals surface area contributed by atoms with E-state index in [2.05, 4.69) is 16.8 Å². The van der Waals surface area contributed by atoms with Crippen LogP contribution in [0, 0.1) is 11.6 Å². The molecule has 0 bridgehead atoms. The van der Waals surface area contributed by atoms with Crippen molar-refractivity contribution in [3.05, 3.63) is 83.7 Å². The van der Waals surface area contributed by atoms with Gasteiger partial charge < -0.3 is 9.47 Å². The number of aromatic nitrogens is 3. The van der Waals surface area contributed by atoms with Gasteiger partial charge in [0.15, 0.2) is 22.5 Å². The van der Waals surface area contributed by atoms with Crippen LogP contribution in [0.5, 0.6) is 5.75 Å². The fourth-order valence-electron chi connectivity index (χ4n) is 2.67. The number of benzene rings is 2. The van der Waals surface area contributed by atoms with Gasteiger partial charge in [-0.25, -0.2) is 13.6 Å². The van der Waals surface area contributed by atoms with E-state index in [0.29, 0.717) is 28.8 Å². The molecule has 0 saturated heterocycles. The first-order chi connectivity index (χ1) is 14.5. The topological polar surface area (TPSA) is 66.2 Å². The van der Waals surface area contributed by atoms with E-state index in [0.717, 1.165) is 6.07 Å². The molecule has 0 amide bonds. The summed E-state index contributed by atoms with van der Waals surface area (Å²) in [5.74, 6) is -0.646. The summed E-state index contributed by atoms with van der Waals surface area (Å²) in [5.41, 5.74) is 0.758. The molecule has 3 rings (SSSR count). The molecule has 0 saturated carbocycles. The molecule has 0 spiro atoms. The zero-order valence-corrected chi connectivity index (χ0v) is 17.0. The van der Waals surface area contributed by atoms with Gasteiger partial charge in [-0.2, -0.15) is 0 Å². The number of methoxy groups -OCH3 is 1. The molecule has 6 nitrogen and oxygen atoms in total. The average molecular weight is 431 g/mol. The molecule has 0 aliphatic heterocycles. The second kappa shape index (κ2) is 10.0.